The lowest BCUT2D eigenvalue weighted by Gasteiger charge is -2.13. The van der Waals surface area contributed by atoms with Crippen LogP contribution in [0.5, 0.6) is 0 Å². The van der Waals surface area contributed by atoms with Crippen LogP contribution >= 0.6 is 0 Å². The molecule has 0 saturated carbocycles. The third-order valence-electron chi connectivity index (χ3n) is 3.57. The van der Waals surface area contributed by atoms with E-state index in [0.717, 1.165) is 19.3 Å². The number of benzene rings is 2. The molecule has 0 aliphatic carbocycles. The zero-order valence-corrected chi connectivity index (χ0v) is 11.8. The minimum atomic E-state index is -0.263. The normalized spacial score (nSPS) is 12.4. The van der Waals surface area contributed by atoms with Crippen molar-refractivity contribution >= 4 is 0 Å². The highest BCUT2D eigenvalue weighted by Gasteiger charge is 2.08. The van der Waals surface area contributed by atoms with E-state index < -0.39 is 0 Å². The molecule has 0 aliphatic heterocycles. The molecule has 1 heteroatoms. The molecule has 2 aromatic rings. The summed E-state index contributed by atoms with van der Waals surface area (Å²) >= 11 is 0. The van der Waals surface area contributed by atoms with Gasteiger partial charge in [0, 0.05) is 0 Å². The van der Waals surface area contributed by atoms with E-state index in [4.69, 9.17) is 0 Å². The van der Waals surface area contributed by atoms with Crippen LogP contribution in [-0.2, 0) is 12.8 Å². The lowest BCUT2D eigenvalue weighted by molar-refractivity contribution is 0.165. The lowest BCUT2D eigenvalue weighted by Crippen LogP contribution is -2.12. The third-order valence-corrected chi connectivity index (χ3v) is 3.57. The Morgan fingerprint density at radius 3 is 2.47 bits per heavy atom. The van der Waals surface area contributed by atoms with Crippen molar-refractivity contribution in [2.45, 2.75) is 39.2 Å². The summed E-state index contributed by atoms with van der Waals surface area (Å²) in [4.78, 5) is 0. The summed E-state index contributed by atoms with van der Waals surface area (Å²) in [6.45, 7) is 4.21. The predicted octanol–water partition coefficient (Wildman–Crippen LogP) is 3.84. The summed E-state index contributed by atoms with van der Waals surface area (Å²) in [5, 5.41) is 10.2. The quantitative estimate of drug-likeness (QED) is 0.859. The van der Waals surface area contributed by atoms with E-state index in [1.54, 1.807) is 0 Å². The lowest BCUT2D eigenvalue weighted by atomic mass is 9.97. The van der Waals surface area contributed by atoms with Crippen LogP contribution in [0, 0.1) is 13.8 Å². The van der Waals surface area contributed by atoms with Gasteiger partial charge in [-0.15, -0.1) is 0 Å². The zero-order valence-electron chi connectivity index (χ0n) is 11.8. The summed E-state index contributed by atoms with van der Waals surface area (Å²) in [5.74, 6) is 0. The first kappa shape index (κ1) is 13.8. The Hall–Kier alpha value is -1.60. The highest BCUT2D eigenvalue weighted by Crippen LogP contribution is 2.15. The molecule has 2 rings (SSSR count). The van der Waals surface area contributed by atoms with Crippen molar-refractivity contribution in [3.63, 3.8) is 0 Å². The Balaban J connectivity index is 1.90. The first-order chi connectivity index (χ1) is 9.15. The average molecular weight is 254 g/mol. The van der Waals surface area contributed by atoms with E-state index in [0.29, 0.717) is 0 Å². The Morgan fingerprint density at radius 1 is 1.00 bits per heavy atom. The maximum atomic E-state index is 10.2. The van der Waals surface area contributed by atoms with Gasteiger partial charge in [0.25, 0.3) is 0 Å². The third kappa shape index (κ3) is 4.22. The van der Waals surface area contributed by atoms with E-state index in [2.05, 4.69) is 44.2 Å². The molecule has 2 aromatic carbocycles. The van der Waals surface area contributed by atoms with Gasteiger partial charge in [0.05, 0.1) is 6.10 Å². The van der Waals surface area contributed by atoms with Gasteiger partial charge >= 0.3 is 0 Å². The fourth-order valence-electron chi connectivity index (χ4n) is 2.35. The van der Waals surface area contributed by atoms with Crippen LogP contribution in [0.1, 0.15) is 28.7 Å². The summed E-state index contributed by atoms with van der Waals surface area (Å²) < 4.78 is 0. The number of aliphatic hydroxyl groups excluding tert-OH is 1. The number of rotatable bonds is 5. The molecule has 0 bridgehead atoms. The molecule has 0 spiro atoms. The minimum absolute atomic E-state index is 0.263. The molecular weight excluding hydrogens is 232 g/mol. The molecule has 0 aliphatic rings. The Kier molecular flexibility index (Phi) is 4.75. The largest absolute Gasteiger partial charge is 0.393 e. The summed E-state index contributed by atoms with van der Waals surface area (Å²) in [6.07, 6.45) is 2.24. The van der Waals surface area contributed by atoms with Crippen LogP contribution in [-0.4, -0.2) is 11.2 Å². The van der Waals surface area contributed by atoms with Crippen LogP contribution in [0.2, 0.25) is 0 Å². The van der Waals surface area contributed by atoms with Gasteiger partial charge in [0.1, 0.15) is 0 Å². The first-order valence-electron chi connectivity index (χ1n) is 6.93. The maximum absolute atomic E-state index is 10.2. The Bertz CT molecular complexity index is 516. The molecule has 0 amide bonds. The number of hydrogen-bond acceptors (Lipinski definition) is 1. The Labute approximate surface area is 115 Å². The van der Waals surface area contributed by atoms with Crippen LogP contribution < -0.4 is 0 Å². The smallest absolute Gasteiger partial charge is 0.0583 e. The molecule has 1 atom stereocenters. The van der Waals surface area contributed by atoms with E-state index in [-0.39, 0.29) is 6.10 Å². The van der Waals surface area contributed by atoms with Gasteiger partial charge in [0.2, 0.25) is 0 Å². The van der Waals surface area contributed by atoms with Gasteiger partial charge in [-0.3, -0.25) is 0 Å². The molecule has 100 valence electrons. The van der Waals surface area contributed by atoms with Crippen LogP contribution in [0.3, 0.4) is 0 Å². The second kappa shape index (κ2) is 6.53. The molecule has 0 fully saturated rings. The minimum Gasteiger partial charge on any atom is -0.393 e. The highest BCUT2D eigenvalue weighted by atomic mass is 16.3. The van der Waals surface area contributed by atoms with Crippen molar-refractivity contribution in [1.29, 1.82) is 0 Å². The van der Waals surface area contributed by atoms with Crippen molar-refractivity contribution < 1.29 is 5.11 Å². The van der Waals surface area contributed by atoms with Crippen LogP contribution in [0.25, 0.3) is 0 Å². The topological polar surface area (TPSA) is 20.2 Å². The molecule has 0 aromatic heterocycles. The van der Waals surface area contributed by atoms with Gasteiger partial charge in [-0.1, -0.05) is 54.1 Å². The summed E-state index contributed by atoms with van der Waals surface area (Å²) in [7, 11) is 0. The molecule has 1 unspecified atom stereocenters. The molecule has 0 heterocycles. The van der Waals surface area contributed by atoms with Crippen molar-refractivity contribution in [2.24, 2.45) is 0 Å². The maximum Gasteiger partial charge on any atom is 0.0583 e. The van der Waals surface area contributed by atoms with E-state index in [9.17, 15) is 5.11 Å². The Morgan fingerprint density at radius 2 is 1.74 bits per heavy atom. The number of aliphatic hydroxyl groups is 1. The number of aryl methyl sites for hydroxylation is 3. The summed E-state index contributed by atoms with van der Waals surface area (Å²) in [5.41, 5.74) is 5.09. The standard InChI is InChI=1S/C18H22O/c1-14-8-9-15(2)17(12-14)13-18(19)11-10-16-6-4-3-5-7-16/h3-9,12,18-19H,10-11,13H2,1-2H3. The van der Waals surface area contributed by atoms with Crippen molar-refractivity contribution in [2.75, 3.05) is 0 Å². The van der Waals surface area contributed by atoms with Crippen LogP contribution in [0.15, 0.2) is 48.5 Å². The fourth-order valence-corrected chi connectivity index (χ4v) is 2.35. The van der Waals surface area contributed by atoms with Gasteiger partial charge in [-0.25, -0.2) is 0 Å². The summed E-state index contributed by atoms with van der Waals surface area (Å²) in [6, 6.07) is 16.8. The van der Waals surface area contributed by atoms with Crippen LogP contribution in [0.4, 0.5) is 0 Å². The van der Waals surface area contributed by atoms with Crippen molar-refractivity contribution in [1.82, 2.24) is 0 Å². The van der Waals surface area contributed by atoms with E-state index in [1.165, 1.54) is 22.3 Å². The van der Waals surface area contributed by atoms with E-state index in [1.807, 2.05) is 18.2 Å². The second-order valence-corrected chi connectivity index (χ2v) is 5.31. The zero-order chi connectivity index (χ0) is 13.7. The highest BCUT2D eigenvalue weighted by molar-refractivity contribution is 5.31. The van der Waals surface area contributed by atoms with E-state index >= 15 is 0 Å². The molecule has 19 heavy (non-hydrogen) atoms. The SMILES string of the molecule is Cc1ccc(C)c(CC(O)CCc2ccccc2)c1. The molecular formula is C18H22O. The predicted molar refractivity (Wildman–Crippen MR) is 80.4 cm³/mol. The fraction of sp³-hybridized carbons (Fsp3) is 0.333. The van der Waals surface area contributed by atoms with Crippen molar-refractivity contribution in [3.8, 4) is 0 Å². The van der Waals surface area contributed by atoms with Gasteiger partial charge in [-0.05, 0) is 49.8 Å². The monoisotopic (exact) mass is 254 g/mol. The average Bonchev–Trinajstić information content (AvgIpc) is 2.42. The van der Waals surface area contributed by atoms with Gasteiger partial charge in [0.15, 0.2) is 0 Å². The van der Waals surface area contributed by atoms with Crippen molar-refractivity contribution in [3.05, 3.63) is 70.8 Å². The molecule has 1 N–H and O–H groups in total. The molecule has 1 nitrogen and oxygen atoms in total. The second-order valence-electron chi connectivity index (χ2n) is 5.31. The molecule has 0 radical (unpaired) electrons. The van der Waals surface area contributed by atoms with Gasteiger partial charge in [-0.2, -0.15) is 0 Å². The molecule has 0 saturated heterocycles. The first-order valence-corrected chi connectivity index (χ1v) is 6.93. The number of hydrogen-bond donors (Lipinski definition) is 1. The van der Waals surface area contributed by atoms with Gasteiger partial charge < -0.3 is 5.11 Å².